The minimum atomic E-state index is -0.124. The van der Waals surface area contributed by atoms with Crippen LogP contribution in [0.3, 0.4) is 0 Å². The van der Waals surface area contributed by atoms with E-state index in [1.165, 1.54) is 0 Å². The summed E-state index contributed by atoms with van der Waals surface area (Å²) in [5, 5.41) is 16.0. The first-order chi connectivity index (χ1) is 16.0. The maximum atomic E-state index is 12.7. The summed E-state index contributed by atoms with van der Waals surface area (Å²) in [5.74, 6) is 1.49. The average molecular weight is 441 g/mol. The number of nitrogens with one attached hydrogen (secondary N) is 1. The topological polar surface area (TPSA) is 94.8 Å². The molecule has 2 aromatic carbocycles. The van der Waals surface area contributed by atoms with Crippen LogP contribution in [0.15, 0.2) is 60.8 Å². The van der Waals surface area contributed by atoms with Gasteiger partial charge in [-0.2, -0.15) is 14.9 Å². The largest absolute Gasteiger partial charge is 0.491 e. The number of anilines is 1. The molecule has 1 aliphatic rings. The molecule has 0 fully saturated rings. The number of aryl methyl sites for hydroxylation is 1. The van der Waals surface area contributed by atoms with Crippen molar-refractivity contribution in [3.05, 3.63) is 77.6 Å². The van der Waals surface area contributed by atoms with Crippen LogP contribution < -0.4 is 10.1 Å². The van der Waals surface area contributed by atoms with E-state index in [0.717, 1.165) is 28.1 Å². The van der Waals surface area contributed by atoms with E-state index in [0.29, 0.717) is 23.9 Å². The maximum Gasteiger partial charge on any atom is 0.272 e. The van der Waals surface area contributed by atoms with Crippen LogP contribution in [0.1, 0.15) is 43.0 Å². The highest BCUT2D eigenvalue weighted by Crippen LogP contribution is 2.40. The fourth-order valence-corrected chi connectivity index (χ4v) is 4.16. The van der Waals surface area contributed by atoms with Gasteiger partial charge < -0.3 is 10.1 Å². The molecule has 8 heteroatoms. The van der Waals surface area contributed by atoms with Crippen LogP contribution in [0.25, 0.3) is 17.2 Å². The van der Waals surface area contributed by atoms with Crippen LogP contribution in [0.2, 0.25) is 0 Å². The molecule has 1 N–H and O–H groups in total. The number of amides is 1. The fourth-order valence-electron chi connectivity index (χ4n) is 4.16. The zero-order chi connectivity index (χ0) is 22.9. The van der Waals surface area contributed by atoms with Gasteiger partial charge in [-0.05, 0) is 38.5 Å². The van der Waals surface area contributed by atoms with E-state index < -0.39 is 0 Å². The van der Waals surface area contributed by atoms with Crippen molar-refractivity contribution in [3.63, 3.8) is 0 Å². The summed E-state index contributed by atoms with van der Waals surface area (Å²) >= 11 is 0. The van der Waals surface area contributed by atoms with Crippen molar-refractivity contribution >= 4 is 11.7 Å². The molecule has 33 heavy (non-hydrogen) atoms. The second-order valence-corrected chi connectivity index (χ2v) is 8.31. The summed E-state index contributed by atoms with van der Waals surface area (Å²) in [7, 11) is 0. The van der Waals surface area contributed by atoms with Gasteiger partial charge in [0.05, 0.1) is 23.7 Å². The maximum absolute atomic E-state index is 12.7. The van der Waals surface area contributed by atoms with Gasteiger partial charge in [-0.25, -0.2) is 4.98 Å². The van der Waals surface area contributed by atoms with Gasteiger partial charge in [0.15, 0.2) is 0 Å². The van der Waals surface area contributed by atoms with Crippen LogP contribution in [0, 0.1) is 6.92 Å². The smallest absolute Gasteiger partial charge is 0.272 e. The first-order valence-corrected chi connectivity index (χ1v) is 10.9. The minimum Gasteiger partial charge on any atom is -0.491 e. The molecule has 5 rings (SSSR count). The average Bonchev–Trinajstić information content (AvgIpc) is 3.15. The van der Waals surface area contributed by atoms with Crippen LogP contribution in [-0.2, 0) is 4.79 Å². The van der Waals surface area contributed by atoms with Gasteiger partial charge in [0.2, 0.25) is 5.91 Å². The van der Waals surface area contributed by atoms with Crippen molar-refractivity contribution in [2.75, 3.05) is 5.32 Å². The third-order valence-electron chi connectivity index (χ3n) is 5.56. The van der Waals surface area contributed by atoms with E-state index in [9.17, 15) is 4.79 Å². The third-order valence-corrected chi connectivity index (χ3v) is 5.56. The van der Waals surface area contributed by atoms with E-state index in [1.54, 1.807) is 10.9 Å². The summed E-state index contributed by atoms with van der Waals surface area (Å²) < 4.78 is 7.34. The van der Waals surface area contributed by atoms with Crippen LogP contribution in [0.4, 0.5) is 5.82 Å². The lowest BCUT2D eigenvalue weighted by Gasteiger charge is -2.24. The Hall–Kier alpha value is -4.07. The molecule has 0 saturated carbocycles. The number of carbonyl (C=O) groups is 1. The van der Waals surface area contributed by atoms with Gasteiger partial charge >= 0.3 is 0 Å². The molecule has 1 atom stereocenters. The lowest BCUT2D eigenvalue weighted by atomic mass is 9.86. The van der Waals surface area contributed by atoms with Crippen molar-refractivity contribution < 1.29 is 9.53 Å². The second kappa shape index (κ2) is 8.46. The monoisotopic (exact) mass is 440 g/mol. The second-order valence-electron chi connectivity index (χ2n) is 8.31. The predicted octanol–water partition coefficient (Wildman–Crippen LogP) is 4.29. The number of benzene rings is 2. The van der Waals surface area contributed by atoms with Crippen molar-refractivity contribution in [3.8, 4) is 23.0 Å². The van der Waals surface area contributed by atoms with Gasteiger partial charge in [0.1, 0.15) is 11.6 Å². The van der Waals surface area contributed by atoms with Crippen molar-refractivity contribution in [1.29, 1.82) is 0 Å². The van der Waals surface area contributed by atoms with Gasteiger partial charge in [-0.1, -0.05) is 42.5 Å². The highest BCUT2D eigenvalue weighted by molar-refractivity contribution is 5.95. The Morgan fingerprint density at radius 1 is 1.09 bits per heavy atom. The Kier molecular flexibility index (Phi) is 5.34. The SMILES string of the molecule is Cc1nn(-c2nncc(-c3ccccc3)n2)c2c1C(c1ccc(OC(C)C)cc1)CC(=O)N2. The number of carbonyl (C=O) groups excluding carboxylic acids is 1. The summed E-state index contributed by atoms with van der Waals surface area (Å²) in [5.41, 5.74) is 4.41. The molecule has 0 bridgehead atoms. The Bertz CT molecular complexity index is 1300. The van der Waals surface area contributed by atoms with E-state index in [4.69, 9.17) is 4.74 Å². The molecule has 3 heterocycles. The first-order valence-electron chi connectivity index (χ1n) is 10.9. The normalized spacial score (nSPS) is 15.3. The van der Waals surface area contributed by atoms with E-state index >= 15 is 0 Å². The summed E-state index contributed by atoms with van der Waals surface area (Å²) in [6, 6.07) is 17.7. The van der Waals surface area contributed by atoms with E-state index in [1.807, 2.05) is 75.4 Å². The molecule has 2 aromatic heterocycles. The Morgan fingerprint density at radius 3 is 2.58 bits per heavy atom. The Balaban J connectivity index is 1.55. The standard InChI is InChI=1S/C25H24N6O2/c1-15(2)33-19-11-9-17(10-12-19)20-13-22(32)28-24-23(20)16(3)30-31(24)25-27-21(14-26-29-25)18-7-5-4-6-8-18/h4-12,14-15,20H,13H2,1-3H3,(H,28,32). The van der Waals surface area contributed by atoms with Crippen molar-refractivity contribution in [2.45, 2.75) is 39.2 Å². The van der Waals surface area contributed by atoms with Crippen LogP contribution in [0.5, 0.6) is 5.75 Å². The summed E-state index contributed by atoms with van der Waals surface area (Å²) in [6.07, 6.45) is 2.06. The molecule has 0 radical (unpaired) electrons. The van der Waals surface area contributed by atoms with Gasteiger partial charge in [0.25, 0.3) is 5.95 Å². The molecule has 0 spiro atoms. The van der Waals surface area contributed by atoms with E-state index in [2.05, 4.69) is 25.6 Å². The molecule has 1 unspecified atom stereocenters. The number of hydrogen-bond acceptors (Lipinski definition) is 6. The fraction of sp³-hybridized carbons (Fsp3) is 0.240. The predicted molar refractivity (Wildman–Crippen MR) is 124 cm³/mol. The summed E-state index contributed by atoms with van der Waals surface area (Å²) in [4.78, 5) is 17.3. The minimum absolute atomic E-state index is 0.0802. The van der Waals surface area contributed by atoms with E-state index in [-0.39, 0.29) is 17.9 Å². The highest BCUT2D eigenvalue weighted by atomic mass is 16.5. The molecule has 0 saturated heterocycles. The lowest BCUT2D eigenvalue weighted by molar-refractivity contribution is -0.116. The zero-order valence-corrected chi connectivity index (χ0v) is 18.7. The molecule has 8 nitrogen and oxygen atoms in total. The summed E-state index contributed by atoms with van der Waals surface area (Å²) in [6.45, 7) is 5.92. The third kappa shape index (κ3) is 4.07. The number of rotatable bonds is 5. The Labute approximate surface area is 191 Å². The van der Waals surface area contributed by atoms with Gasteiger partial charge in [-0.15, -0.1) is 5.10 Å². The number of nitrogens with zero attached hydrogens (tertiary/aromatic N) is 5. The molecular formula is C25H24N6O2. The highest BCUT2D eigenvalue weighted by Gasteiger charge is 2.33. The molecular weight excluding hydrogens is 416 g/mol. The van der Waals surface area contributed by atoms with Crippen molar-refractivity contribution in [1.82, 2.24) is 25.0 Å². The molecule has 4 aromatic rings. The molecule has 166 valence electrons. The number of fused-ring (bicyclic) bond motifs is 1. The zero-order valence-electron chi connectivity index (χ0n) is 18.7. The van der Waals surface area contributed by atoms with Crippen LogP contribution >= 0.6 is 0 Å². The molecule has 0 aliphatic carbocycles. The number of aromatic nitrogens is 5. The quantitative estimate of drug-likeness (QED) is 0.497. The molecule has 1 amide bonds. The Morgan fingerprint density at radius 2 is 1.85 bits per heavy atom. The lowest BCUT2D eigenvalue weighted by Crippen LogP contribution is -2.25. The van der Waals surface area contributed by atoms with Gasteiger partial charge in [0, 0.05) is 23.5 Å². The number of ether oxygens (including phenoxy) is 1. The van der Waals surface area contributed by atoms with Gasteiger partial charge in [-0.3, -0.25) is 4.79 Å². The molecule has 1 aliphatic heterocycles. The van der Waals surface area contributed by atoms with Crippen LogP contribution in [-0.4, -0.2) is 37.0 Å². The number of hydrogen-bond donors (Lipinski definition) is 1. The van der Waals surface area contributed by atoms with Crippen molar-refractivity contribution in [2.24, 2.45) is 0 Å². The first kappa shape index (κ1) is 20.8.